The number of aliphatic hydroxyl groups excluding tert-OH is 4. The molecule has 6 nitrogen and oxygen atoms in total. The van der Waals surface area contributed by atoms with Crippen LogP contribution in [0.3, 0.4) is 0 Å². The third kappa shape index (κ3) is 2.03. The SMILES string of the molecule is OC[C@H]1O[C@](O)(c2ccccc2)[C@H](O)[C@H](O)[C@@H]1O. The molecule has 6 heteroatoms. The lowest BCUT2D eigenvalue weighted by Gasteiger charge is -2.45. The van der Waals surface area contributed by atoms with Crippen LogP contribution in [0.4, 0.5) is 0 Å². The maximum Gasteiger partial charge on any atom is 0.222 e. The Morgan fingerprint density at radius 2 is 1.67 bits per heavy atom. The number of hydrogen-bond donors (Lipinski definition) is 5. The molecular weight excluding hydrogens is 240 g/mol. The van der Waals surface area contributed by atoms with Gasteiger partial charge in [0.25, 0.3) is 0 Å². The lowest BCUT2D eigenvalue weighted by Crippen LogP contribution is -2.63. The zero-order chi connectivity index (χ0) is 13.3. The second-order valence-corrected chi connectivity index (χ2v) is 4.33. The van der Waals surface area contributed by atoms with Gasteiger partial charge in [0.2, 0.25) is 5.79 Å². The topological polar surface area (TPSA) is 110 Å². The standard InChI is InChI=1S/C12H16O6/c13-6-8-9(14)10(15)11(16)12(17,18-8)7-4-2-1-3-5-7/h1-5,8-11,13-17H,6H2/t8-,9-,10-,11-,12-/m1/s1. The van der Waals surface area contributed by atoms with Crippen LogP contribution in [-0.4, -0.2) is 56.6 Å². The first-order valence-corrected chi connectivity index (χ1v) is 5.61. The highest BCUT2D eigenvalue weighted by Crippen LogP contribution is 2.35. The van der Waals surface area contributed by atoms with Crippen LogP contribution in [0, 0.1) is 0 Å². The molecule has 5 N–H and O–H groups in total. The fourth-order valence-electron chi connectivity index (χ4n) is 2.07. The van der Waals surface area contributed by atoms with E-state index in [1.165, 1.54) is 12.1 Å². The molecule has 0 unspecified atom stereocenters. The smallest absolute Gasteiger partial charge is 0.222 e. The Hall–Kier alpha value is -1.02. The van der Waals surface area contributed by atoms with Crippen molar-refractivity contribution in [3.05, 3.63) is 35.9 Å². The monoisotopic (exact) mass is 256 g/mol. The summed E-state index contributed by atoms with van der Waals surface area (Å²) in [6.07, 6.45) is -5.96. The first-order chi connectivity index (χ1) is 8.50. The summed E-state index contributed by atoms with van der Waals surface area (Å²) >= 11 is 0. The van der Waals surface area contributed by atoms with E-state index in [0.29, 0.717) is 0 Å². The van der Waals surface area contributed by atoms with Crippen LogP contribution in [0.1, 0.15) is 5.56 Å². The predicted molar refractivity (Wildman–Crippen MR) is 60.3 cm³/mol. The van der Waals surface area contributed by atoms with Gasteiger partial charge < -0.3 is 30.3 Å². The Kier molecular flexibility index (Phi) is 3.67. The van der Waals surface area contributed by atoms with Gasteiger partial charge in [-0.1, -0.05) is 30.3 Å². The predicted octanol–water partition coefficient (Wildman–Crippen LogP) is -1.69. The molecule has 1 aromatic carbocycles. The fraction of sp³-hybridized carbons (Fsp3) is 0.500. The van der Waals surface area contributed by atoms with Gasteiger partial charge in [-0.25, -0.2) is 0 Å². The van der Waals surface area contributed by atoms with Crippen LogP contribution >= 0.6 is 0 Å². The molecule has 1 aromatic rings. The Morgan fingerprint density at radius 3 is 2.22 bits per heavy atom. The molecule has 0 spiro atoms. The van der Waals surface area contributed by atoms with Gasteiger partial charge in [0.05, 0.1) is 6.61 Å². The van der Waals surface area contributed by atoms with Crippen molar-refractivity contribution >= 4 is 0 Å². The van der Waals surface area contributed by atoms with Crippen molar-refractivity contribution in [3.63, 3.8) is 0 Å². The summed E-state index contributed by atoms with van der Waals surface area (Å²) in [5.41, 5.74) is 0.238. The van der Waals surface area contributed by atoms with Gasteiger partial charge in [0, 0.05) is 5.56 Å². The van der Waals surface area contributed by atoms with Crippen LogP contribution in [0.2, 0.25) is 0 Å². The lowest BCUT2D eigenvalue weighted by molar-refractivity contribution is -0.357. The zero-order valence-electron chi connectivity index (χ0n) is 9.55. The van der Waals surface area contributed by atoms with Crippen molar-refractivity contribution < 1.29 is 30.3 Å². The number of aliphatic hydroxyl groups is 5. The van der Waals surface area contributed by atoms with Crippen LogP contribution in [0.5, 0.6) is 0 Å². The second-order valence-electron chi connectivity index (χ2n) is 4.33. The molecule has 1 fully saturated rings. The third-order valence-electron chi connectivity index (χ3n) is 3.15. The summed E-state index contributed by atoms with van der Waals surface area (Å²) in [4.78, 5) is 0. The minimum absolute atomic E-state index is 0.238. The summed E-state index contributed by atoms with van der Waals surface area (Å²) < 4.78 is 5.15. The maximum atomic E-state index is 10.3. The van der Waals surface area contributed by atoms with Crippen molar-refractivity contribution in [2.45, 2.75) is 30.2 Å². The summed E-state index contributed by atoms with van der Waals surface area (Å²) in [6.45, 7) is -0.583. The number of hydrogen-bond acceptors (Lipinski definition) is 6. The third-order valence-corrected chi connectivity index (χ3v) is 3.15. The molecule has 0 radical (unpaired) electrons. The Balaban J connectivity index is 2.37. The van der Waals surface area contributed by atoms with E-state index in [9.17, 15) is 20.4 Å². The molecule has 18 heavy (non-hydrogen) atoms. The van der Waals surface area contributed by atoms with Crippen LogP contribution in [0.15, 0.2) is 30.3 Å². The molecule has 0 saturated carbocycles. The van der Waals surface area contributed by atoms with E-state index in [1.54, 1.807) is 18.2 Å². The Labute approximate surface area is 104 Å². The largest absolute Gasteiger partial charge is 0.394 e. The number of benzene rings is 1. The first kappa shape index (κ1) is 13.4. The highest BCUT2D eigenvalue weighted by molar-refractivity contribution is 5.23. The van der Waals surface area contributed by atoms with Crippen LogP contribution in [-0.2, 0) is 10.5 Å². The van der Waals surface area contributed by atoms with Gasteiger partial charge >= 0.3 is 0 Å². The molecule has 0 aliphatic carbocycles. The minimum Gasteiger partial charge on any atom is -0.394 e. The molecule has 1 aliphatic rings. The number of ether oxygens (including phenoxy) is 1. The van der Waals surface area contributed by atoms with E-state index in [0.717, 1.165) is 0 Å². The van der Waals surface area contributed by atoms with Gasteiger partial charge in [-0.05, 0) is 0 Å². The summed E-state index contributed by atoms with van der Waals surface area (Å²) in [5.74, 6) is -2.16. The van der Waals surface area contributed by atoms with Gasteiger partial charge in [-0.15, -0.1) is 0 Å². The molecule has 1 saturated heterocycles. The van der Waals surface area contributed by atoms with Crippen molar-refractivity contribution in [1.82, 2.24) is 0 Å². The molecule has 1 heterocycles. The van der Waals surface area contributed by atoms with Gasteiger partial charge in [0.15, 0.2) is 0 Å². The highest BCUT2D eigenvalue weighted by Gasteiger charge is 2.53. The second kappa shape index (κ2) is 4.93. The molecule has 0 bridgehead atoms. The average Bonchev–Trinajstić information content (AvgIpc) is 2.41. The van der Waals surface area contributed by atoms with Crippen molar-refractivity contribution in [3.8, 4) is 0 Å². The van der Waals surface area contributed by atoms with Gasteiger partial charge in [-0.2, -0.15) is 0 Å². The van der Waals surface area contributed by atoms with Crippen molar-refractivity contribution in [1.29, 1.82) is 0 Å². The molecule has 1 aliphatic heterocycles. The average molecular weight is 256 g/mol. The summed E-state index contributed by atoms with van der Waals surface area (Å²) in [6, 6.07) is 8.02. The summed E-state index contributed by atoms with van der Waals surface area (Å²) in [7, 11) is 0. The van der Waals surface area contributed by atoms with Crippen LogP contribution in [0.25, 0.3) is 0 Å². The Bertz CT molecular complexity index is 395. The molecule has 2 rings (SSSR count). The lowest BCUT2D eigenvalue weighted by atomic mass is 9.88. The normalized spacial score (nSPS) is 40.7. The molecule has 100 valence electrons. The van der Waals surface area contributed by atoms with Gasteiger partial charge in [0.1, 0.15) is 24.4 Å². The van der Waals surface area contributed by atoms with E-state index >= 15 is 0 Å². The highest BCUT2D eigenvalue weighted by atomic mass is 16.7. The van der Waals surface area contributed by atoms with E-state index in [-0.39, 0.29) is 5.56 Å². The quantitative estimate of drug-likeness (QED) is 0.431. The van der Waals surface area contributed by atoms with E-state index in [4.69, 9.17) is 9.84 Å². The summed E-state index contributed by atoms with van der Waals surface area (Å²) in [5, 5.41) is 48.5. The molecular formula is C12H16O6. The Morgan fingerprint density at radius 1 is 1.06 bits per heavy atom. The minimum atomic E-state index is -2.16. The van der Waals surface area contributed by atoms with E-state index in [1.807, 2.05) is 0 Å². The molecule has 0 amide bonds. The van der Waals surface area contributed by atoms with Crippen LogP contribution < -0.4 is 0 Å². The fourth-order valence-corrected chi connectivity index (χ4v) is 2.07. The van der Waals surface area contributed by atoms with Crippen molar-refractivity contribution in [2.75, 3.05) is 6.61 Å². The number of rotatable bonds is 2. The zero-order valence-corrected chi connectivity index (χ0v) is 9.55. The van der Waals surface area contributed by atoms with Crippen molar-refractivity contribution in [2.24, 2.45) is 0 Å². The maximum absolute atomic E-state index is 10.3. The van der Waals surface area contributed by atoms with E-state index in [2.05, 4.69) is 0 Å². The van der Waals surface area contributed by atoms with Gasteiger partial charge in [-0.3, -0.25) is 0 Å². The van der Waals surface area contributed by atoms with E-state index < -0.39 is 36.8 Å². The molecule has 0 aromatic heterocycles. The molecule has 5 atom stereocenters. The first-order valence-electron chi connectivity index (χ1n) is 5.61.